The molecule has 5 heteroatoms. The Labute approximate surface area is 113 Å². The summed E-state index contributed by atoms with van der Waals surface area (Å²) in [5, 5.41) is 20.7. The number of nitrogens with one attached hydrogen (secondary N) is 1. The predicted molar refractivity (Wildman–Crippen MR) is 73.7 cm³/mol. The Hall–Kier alpha value is -1.59. The Morgan fingerprint density at radius 3 is 2.58 bits per heavy atom. The number of nitrogens with two attached hydrogens (primary N) is 1. The summed E-state index contributed by atoms with van der Waals surface area (Å²) in [5.41, 5.74) is 6.73. The second-order valence-electron chi connectivity index (χ2n) is 4.84. The SMILES string of the molecule is CC(CCO)CNC(=O)C(N)Cc1ccc(O)cc1. The fourth-order valence-electron chi connectivity index (χ4n) is 1.71. The van der Waals surface area contributed by atoms with Crippen LogP contribution in [0.2, 0.25) is 0 Å². The number of carbonyl (C=O) groups excluding carboxylic acids is 1. The van der Waals surface area contributed by atoms with Crippen LogP contribution in [0.25, 0.3) is 0 Å². The van der Waals surface area contributed by atoms with Crippen molar-refractivity contribution in [2.75, 3.05) is 13.2 Å². The van der Waals surface area contributed by atoms with Gasteiger partial charge in [-0.05, 0) is 36.5 Å². The average molecular weight is 266 g/mol. The molecule has 1 rings (SSSR count). The van der Waals surface area contributed by atoms with Crippen LogP contribution in [0, 0.1) is 5.92 Å². The average Bonchev–Trinajstić information content (AvgIpc) is 2.39. The number of rotatable bonds is 7. The zero-order valence-corrected chi connectivity index (χ0v) is 11.2. The summed E-state index contributed by atoms with van der Waals surface area (Å²) in [7, 11) is 0. The molecule has 0 saturated carbocycles. The summed E-state index contributed by atoms with van der Waals surface area (Å²) in [5.74, 6) is 0.229. The number of aliphatic hydroxyl groups excluding tert-OH is 1. The molecule has 0 aliphatic carbocycles. The van der Waals surface area contributed by atoms with Crippen LogP contribution in [0.15, 0.2) is 24.3 Å². The van der Waals surface area contributed by atoms with Crippen LogP contribution >= 0.6 is 0 Å². The van der Waals surface area contributed by atoms with Gasteiger partial charge in [0.25, 0.3) is 0 Å². The van der Waals surface area contributed by atoms with Crippen molar-refractivity contribution in [2.45, 2.75) is 25.8 Å². The van der Waals surface area contributed by atoms with Gasteiger partial charge in [0.15, 0.2) is 0 Å². The summed E-state index contributed by atoms with van der Waals surface area (Å²) in [4.78, 5) is 11.8. The molecule has 2 atom stereocenters. The summed E-state index contributed by atoms with van der Waals surface area (Å²) >= 11 is 0. The number of phenols is 1. The topological polar surface area (TPSA) is 95.6 Å². The minimum absolute atomic E-state index is 0.122. The zero-order valence-electron chi connectivity index (χ0n) is 11.2. The van der Waals surface area contributed by atoms with Gasteiger partial charge in [0, 0.05) is 13.2 Å². The van der Waals surface area contributed by atoms with Crippen molar-refractivity contribution in [1.29, 1.82) is 0 Å². The molecule has 1 amide bonds. The first-order valence-corrected chi connectivity index (χ1v) is 6.45. The molecule has 19 heavy (non-hydrogen) atoms. The van der Waals surface area contributed by atoms with Crippen LogP contribution in [-0.2, 0) is 11.2 Å². The van der Waals surface area contributed by atoms with Crippen LogP contribution in [0.3, 0.4) is 0 Å². The van der Waals surface area contributed by atoms with Crippen LogP contribution in [0.1, 0.15) is 18.9 Å². The normalized spacial score (nSPS) is 13.8. The molecule has 1 aromatic rings. The Balaban J connectivity index is 2.38. The number of aliphatic hydroxyl groups is 1. The summed E-state index contributed by atoms with van der Waals surface area (Å²) in [6.45, 7) is 2.60. The van der Waals surface area contributed by atoms with E-state index < -0.39 is 6.04 Å². The molecule has 0 spiro atoms. The van der Waals surface area contributed by atoms with Crippen LogP contribution in [-0.4, -0.2) is 35.3 Å². The highest BCUT2D eigenvalue weighted by atomic mass is 16.3. The van der Waals surface area contributed by atoms with E-state index in [9.17, 15) is 4.79 Å². The van der Waals surface area contributed by atoms with Gasteiger partial charge in [-0.2, -0.15) is 0 Å². The fourth-order valence-corrected chi connectivity index (χ4v) is 1.71. The molecule has 2 unspecified atom stereocenters. The Bertz CT molecular complexity index is 392. The van der Waals surface area contributed by atoms with E-state index in [1.54, 1.807) is 24.3 Å². The third kappa shape index (κ3) is 5.72. The number of hydrogen-bond acceptors (Lipinski definition) is 4. The Morgan fingerprint density at radius 1 is 1.37 bits per heavy atom. The highest BCUT2D eigenvalue weighted by Gasteiger charge is 2.14. The van der Waals surface area contributed by atoms with Crippen LogP contribution < -0.4 is 11.1 Å². The molecule has 1 aromatic carbocycles. The van der Waals surface area contributed by atoms with Gasteiger partial charge >= 0.3 is 0 Å². The van der Waals surface area contributed by atoms with Crippen molar-refractivity contribution in [3.05, 3.63) is 29.8 Å². The van der Waals surface area contributed by atoms with E-state index in [2.05, 4.69) is 5.32 Å². The van der Waals surface area contributed by atoms with Crippen molar-refractivity contribution in [2.24, 2.45) is 11.7 Å². The van der Waals surface area contributed by atoms with Crippen molar-refractivity contribution in [3.8, 4) is 5.75 Å². The molecule has 5 nitrogen and oxygen atoms in total. The number of hydrogen-bond donors (Lipinski definition) is 4. The smallest absolute Gasteiger partial charge is 0.237 e. The highest BCUT2D eigenvalue weighted by molar-refractivity contribution is 5.81. The lowest BCUT2D eigenvalue weighted by Crippen LogP contribution is -2.43. The van der Waals surface area contributed by atoms with Crippen LogP contribution in [0.5, 0.6) is 5.75 Å². The van der Waals surface area contributed by atoms with Gasteiger partial charge in [-0.15, -0.1) is 0 Å². The number of carbonyl (C=O) groups is 1. The summed E-state index contributed by atoms with van der Waals surface area (Å²) < 4.78 is 0. The number of amides is 1. The first kappa shape index (κ1) is 15.5. The minimum Gasteiger partial charge on any atom is -0.508 e. The standard InChI is InChI=1S/C14H22N2O3/c1-10(6-7-17)9-16-14(19)13(15)8-11-2-4-12(18)5-3-11/h2-5,10,13,17-18H,6-9,15H2,1H3,(H,16,19). The highest BCUT2D eigenvalue weighted by Crippen LogP contribution is 2.10. The summed E-state index contributed by atoms with van der Waals surface area (Å²) in [6, 6.07) is 6.03. The van der Waals surface area contributed by atoms with Crippen molar-refractivity contribution in [1.82, 2.24) is 5.32 Å². The Kier molecular flexibility index (Phi) is 6.32. The van der Waals surface area contributed by atoms with E-state index in [0.717, 1.165) is 5.56 Å². The number of benzene rings is 1. The van der Waals surface area contributed by atoms with E-state index in [-0.39, 0.29) is 24.2 Å². The van der Waals surface area contributed by atoms with Gasteiger partial charge in [-0.25, -0.2) is 0 Å². The lowest BCUT2D eigenvalue weighted by Gasteiger charge is -2.15. The lowest BCUT2D eigenvalue weighted by molar-refractivity contribution is -0.122. The number of phenolic OH excluding ortho intramolecular Hbond substituents is 1. The molecule has 5 N–H and O–H groups in total. The maximum atomic E-state index is 11.8. The van der Waals surface area contributed by atoms with Gasteiger partial charge in [-0.1, -0.05) is 19.1 Å². The third-order valence-electron chi connectivity index (χ3n) is 2.98. The fraction of sp³-hybridized carbons (Fsp3) is 0.500. The predicted octanol–water partition coefficient (Wildman–Crippen LogP) is 0.397. The molecule has 0 saturated heterocycles. The lowest BCUT2D eigenvalue weighted by atomic mass is 10.1. The maximum absolute atomic E-state index is 11.8. The van der Waals surface area contributed by atoms with Crippen molar-refractivity contribution < 1.29 is 15.0 Å². The van der Waals surface area contributed by atoms with Crippen molar-refractivity contribution in [3.63, 3.8) is 0 Å². The molecule has 106 valence electrons. The van der Waals surface area contributed by atoms with Gasteiger partial charge < -0.3 is 21.3 Å². The second kappa shape index (κ2) is 7.76. The first-order chi connectivity index (χ1) is 9.02. The Morgan fingerprint density at radius 2 is 2.00 bits per heavy atom. The van der Waals surface area contributed by atoms with E-state index in [1.807, 2.05) is 6.92 Å². The molecular formula is C14H22N2O3. The van der Waals surface area contributed by atoms with Crippen molar-refractivity contribution >= 4 is 5.91 Å². The molecule has 0 heterocycles. The minimum atomic E-state index is -0.606. The second-order valence-corrected chi connectivity index (χ2v) is 4.84. The van der Waals surface area contributed by atoms with Gasteiger partial charge in [0.1, 0.15) is 5.75 Å². The first-order valence-electron chi connectivity index (χ1n) is 6.45. The maximum Gasteiger partial charge on any atom is 0.237 e. The molecule has 0 radical (unpaired) electrons. The molecule has 0 fully saturated rings. The molecule has 0 bridgehead atoms. The van der Waals surface area contributed by atoms with Gasteiger partial charge in [-0.3, -0.25) is 4.79 Å². The van der Waals surface area contributed by atoms with E-state index in [1.165, 1.54) is 0 Å². The third-order valence-corrected chi connectivity index (χ3v) is 2.98. The monoisotopic (exact) mass is 266 g/mol. The van der Waals surface area contributed by atoms with E-state index in [4.69, 9.17) is 15.9 Å². The molecule has 0 aliphatic heterocycles. The molecule has 0 aliphatic rings. The van der Waals surface area contributed by atoms with E-state index in [0.29, 0.717) is 19.4 Å². The van der Waals surface area contributed by atoms with Crippen LogP contribution in [0.4, 0.5) is 0 Å². The number of aromatic hydroxyl groups is 1. The quantitative estimate of drug-likeness (QED) is 0.574. The molecular weight excluding hydrogens is 244 g/mol. The van der Waals surface area contributed by atoms with Gasteiger partial charge in [0.05, 0.1) is 6.04 Å². The molecule has 0 aromatic heterocycles. The zero-order chi connectivity index (χ0) is 14.3. The van der Waals surface area contributed by atoms with Gasteiger partial charge in [0.2, 0.25) is 5.91 Å². The van der Waals surface area contributed by atoms with E-state index >= 15 is 0 Å². The largest absolute Gasteiger partial charge is 0.508 e. The summed E-state index contributed by atoms with van der Waals surface area (Å²) in [6.07, 6.45) is 1.09.